The van der Waals surface area contributed by atoms with E-state index in [0.29, 0.717) is 6.07 Å². The van der Waals surface area contributed by atoms with Crippen LogP contribution in [0.3, 0.4) is 0 Å². The van der Waals surface area contributed by atoms with E-state index in [-0.39, 0.29) is 17.5 Å². The molecule has 1 saturated heterocycles. The van der Waals surface area contributed by atoms with E-state index in [4.69, 9.17) is 0 Å². The Balaban J connectivity index is 2.38. The summed E-state index contributed by atoms with van der Waals surface area (Å²) in [6.07, 6.45) is 1.99. The highest BCUT2D eigenvalue weighted by Crippen LogP contribution is 2.36. The molecule has 0 amide bonds. The number of hydrogen-bond acceptors (Lipinski definition) is 2. The molecule has 19 heavy (non-hydrogen) atoms. The number of benzene rings is 1. The molecule has 2 atom stereocenters. The summed E-state index contributed by atoms with van der Waals surface area (Å²) in [5.74, 6) is -2.59. The van der Waals surface area contributed by atoms with Crippen LogP contribution in [0.4, 0.5) is 13.2 Å². The zero-order chi connectivity index (χ0) is 14.0. The molecule has 0 aliphatic carbocycles. The van der Waals surface area contributed by atoms with E-state index >= 15 is 0 Å². The Morgan fingerprint density at radius 3 is 2.58 bits per heavy atom. The topological polar surface area (TPSA) is 15.3 Å². The summed E-state index contributed by atoms with van der Waals surface area (Å²) in [5, 5.41) is 3.09. The Kier molecular flexibility index (Phi) is 4.47. The molecule has 0 aromatic heterocycles. The van der Waals surface area contributed by atoms with Crippen LogP contribution in [0.15, 0.2) is 12.1 Å². The SMILES string of the molecule is CNCC1CCCN(C)C1c1cc(F)c(F)cc1F. The van der Waals surface area contributed by atoms with Crippen molar-refractivity contribution in [2.24, 2.45) is 5.92 Å². The molecule has 2 nitrogen and oxygen atoms in total. The molecule has 1 fully saturated rings. The van der Waals surface area contributed by atoms with Crippen LogP contribution in [0.1, 0.15) is 24.4 Å². The van der Waals surface area contributed by atoms with E-state index in [1.807, 2.05) is 19.0 Å². The van der Waals surface area contributed by atoms with Gasteiger partial charge in [-0.2, -0.15) is 0 Å². The van der Waals surface area contributed by atoms with Crippen molar-refractivity contribution in [3.05, 3.63) is 35.1 Å². The molecule has 2 unspecified atom stereocenters. The summed E-state index contributed by atoms with van der Waals surface area (Å²) in [5.41, 5.74) is 0.251. The van der Waals surface area contributed by atoms with Gasteiger partial charge in [0.15, 0.2) is 11.6 Å². The van der Waals surface area contributed by atoms with Gasteiger partial charge in [-0.1, -0.05) is 0 Å². The molecule has 0 saturated carbocycles. The van der Waals surface area contributed by atoms with Crippen molar-refractivity contribution in [3.63, 3.8) is 0 Å². The maximum atomic E-state index is 13.9. The highest BCUT2D eigenvalue weighted by atomic mass is 19.2. The first-order chi connectivity index (χ1) is 9.04. The summed E-state index contributed by atoms with van der Waals surface area (Å²) in [7, 11) is 3.74. The maximum absolute atomic E-state index is 13.9. The van der Waals surface area contributed by atoms with Gasteiger partial charge < -0.3 is 5.32 Å². The first-order valence-electron chi connectivity index (χ1n) is 6.54. The van der Waals surface area contributed by atoms with E-state index in [1.54, 1.807) is 0 Å². The van der Waals surface area contributed by atoms with Crippen LogP contribution in [0.2, 0.25) is 0 Å². The highest BCUT2D eigenvalue weighted by molar-refractivity contribution is 5.25. The van der Waals surface area contributed by atoms with E-state index in [0.717, 1.165) is 32.0 Å². The Bertz CT molecular complexity index is 449. The second-order valence-electron chi connectivity index (χ2n) is 5.17. The number of rotatable bonds is 3. The van der Waals surface area contributed by atoms with E-state index in [2.05, 4.69) is 5.32 Å². The lowest BCUT2D eigenvalue weighted by atomic mass is 9.84. The Morgan fingerprint density at radius 2 is 1.89 bits per heavy atom. The molecule has 5 heteroatoms. The average Bonchev–Trinajstić information content (AvgIpc) is 2.35. The van der Waals surface area contributed by atoms with Gasteiger partial charge in [0.25, 0.3) is 0 Å². The third kappa shape index (κ3) is 2.92. The summed E-state index contributed by atoms with van der Waals surface area (Å²) >= 11 is 0. The molecular weight excluding hydrogens is 253 g/mol. The number of piperidine rings is 1. The average molecular weight is 272 g/mol. The fraction of sp³-hybridized carbons (Fsp3) is 0.571. The lowest BCUT2D eigenvalue weighted by Crippen LogP contribution is -2.40. The number of likely N-dealkylation sites (tertiary alicyclic amines) is 1. The van der Waals surface area contributed by atoms with Gasteiger partial charge in [-0.25, -0.2) is 13.2 Å². The lowest BCUT2D eigenvalue weighted by Gasteiger charge is -2.39. The van der Waals surface area contributed by atoms with E-state index in [9.17, 15) is 13.2 Å². The van der Waals surface area contributed by atoms with Crippen LogP contribution < -0.4 is 5.32 Å². The summed E-state index contributed by atoms with van der Waals surface area (Å²) in [4.78, 5) is 2.02. The van der Waals surface area contributed by atoms with Crippen molar-refractivity contribution in [1.82, 2.24) is 10.2 Å². The number of hydrogen-bond donors (Lipinski definition) is 1. The second-order valence-corrected chi connectivity index (χ2v) is 5.17. The molecule has 1 N–H and O–H groups in total. The van der Waals surface area contributed by atoms with Crippen LogP contribution in [0.25, 0.3) is 0 Å². The van der Waals surface area contributed by atoms with Gasteiger partial charge in [0.05, 0.1) is 0 Å². The Labute approximate surface area is 111 Å². The van der Waals surface area contributed by atoms with Gasteiger partial charge in [-0.3, -0.25) is 4.90 Å². The summed E-state index contributed by atoms with van der Waals surface area (Å²) in [6, 6.07) is 1.43. The van der Waals surface area contributed by atoms with Crippen LogP contribution in [-0.2, 0) is 0 Å². The fourth-order valence-corrected chi connectivity index (χ4v) is 2.99. The van der Waals surface area contributed by atoms with Gasteiger partial charge >= 0.3 is 0 Å². The largest absolute Gasteiger partial charge is 0.319 e. The second kappa shape index (κ2) is 5.92. The Hall–Kier alpha value is -1.07. The molecule has 1 aromatic rings. The van der Waals surface area contributed by atoms with E-state index in [1.165, 1.54) is 0 Å². The standard InChI is InChI=1S/C14H19F3N2/c1-18-8-9-4-3-5-19(2)14(9)10-6-12(16)13(17)7-11(10)15/h6-7,9,14,18H,3-5,8H2,1-2H3. The number of nitrogens with zero attached hydrogens (tertiary/aromatic N) is 1. The third-order valence-electron chi connectivity index (χ3n) is 3.83. The minimum absolute atomic E-state index is 0.197. The summed E-state index contributed by atoms with van der Waals surface area (Å²) < 4.78 is 40.4. The first-order valence-corrected chi connectivity index (χ1v) is 6.54. The normalized spacial score (nSPS) is 24.7. The van der Waals surface area contributed by atoms with Crippen molar-refractivity contribution < 1.29 is 13.2 Å². The molecule has 2 rings (SSSR count). The van der Waals surface area contributed by atoms with Crippen molar-refractivity contribution in [2.75, 3.05) is 27.2 Å². The molecule has 106 valence electrons. The van der Waals surface area contributed by atoms with Gasteiger partial charge in [-0.05, 0) is 52.0 Å². The fourth-order valence-electron chi connectivity index (χ4n) is 2.99. The zero-order valence-electron chi connectivity index (χ0n) is 11.2. The van der Waals surface area contributed by atoms with Crippen LogP contribution in [0.5, 0.6) is 0 Å². The highest BCUT2D eigenvalue weighted by Gasteiger charge is 2.32. The zero-order valence-corrected chi connectivity index (χ0v) is 11.2. The van der Waals surface area contributed by atoms with Gasteiger partial charge in [0.1, 0.15) is 5.82 Å². The van der Waals surface area contributed by atoms with Crippen molar-refractivity contribution in [3.8, 4) is 0 Å². The van der Waals surface area contributed by atoms with Crippen LogP contribution in [-0.4, -0.2) is 32.1 Å². The molecule has 1 aliphatic rings. The first kappa shape index (κ1) is 14.3. The maximum Gasteiger partial charge on any atom is 0.161 e. The Morgan fingerprint density at radius 1 is 1.21 bits per heavy atom. The summed E-state index contributed by atoms with van der Waals surface area (Å²) in [6.45, 7) is 1.57. The molecular formula is C14H19F3N2. The molecule has 1 heterocycles. The van der Waals surface area contributed by atoms with Crippen molar-refractivity contribution in [2.45, 2.75) is 18.9 Å². The smallest absolute Gasteiger partial charge is 0.161 e. The van der Waals surface area contributed by atoms with Crippen LogP contribution >= 0.6 is 0 Å². The molecule has 0 radical (unpaired) electrons. The predicted octanol–water partition coefficient (Wildman–Crippen LogP) is 2.71. The minimum Gasteiger partial charge on any atom is -0.319 e. The lowest BCUT2D eigenvalue weighted by molar-refractivity contribution is 0.117. The molecule has 1 aliphatic heterocycles. The van der Waals surface area contributed by atoms with Crippen LogP contribution in [0, 0.1) is 23.4 Å². The minimum atomic E-state index is -1.13. The number of nitrogens with one attached hydrogen (secondary N) is 1. The molecule has 1 aromatic carbocycles. The quantitative estimate of drug-likeness (QED) is 0.851. The predicted molar refractivity (Wildman–Crippen MR) is 68.3 cm³/mol. The van der Waals surface area contributed by atoms with Crippen molar-refractivity contribution in [1.29, 1.82) is 0 Å². The monoisotopic (exact) mass is 272 g/mol. The van der Waals surface area contributed by atoms with E-state index < -0.39 is 17.5 Å². The van der Waals surface area contributed by atoms with Crippen molar-refractivity contribution >= 4 is 0 Å². The van der Waals surface area contributed by atoms with Gasteiger partial charge in [0.2, 0.25) is 0 Å². The van der Waals surface area contributed by atoms with Gasteiger partial charge in [0, 0.05) is 17.7 Å². The molecule has 0 bridgehead atoms. The molecule has 0 spiro atoms. The third-order valence-corrected chi connectivity index (χ3v) is 3.83. The van der Waals surface area contributed by atoms with Gasteiger partial charge in [-0.15, -0.1) is 0 Å². The number of halogens is 3.